The number of benzene rings is 2. The predicted octanol–water partition coefficient (Wildman–Crippen LogP) is 5.88. The summed E-state index contributed by atoms with van der Waals surface area (Å²) in [6.07, 6.45) is 0. The molecule has 0 saturated carbocycles. The Hall–Kier alpha value is -1.65. The van der Waals surface area contributed by atoms with E-state index >= 15 is 0 Å². The summed E-state index contributed by atoms with van der Waals surface area (Å²) < 4.78 is 4.81. The van der Waals surface area contributed by atoms with Gasteiger partial charge in [-0.3, -0.25) is 4.90 Å². The summed E-state index contributed by atoms with van der Waals surface area (Å²) in [5.41, 5.74) is 2.03. The number of halogens is 1. The zero-order chi connectivity index (χ0) is 18.8. The van der Waals surface area contributed by atoms with E-state index in [1.165, 1.54) is 16.0 Å². The molecule has 9 heteroatoms. The van der Waals surface area contributed by atoms with Crippen LogP contribution in [0.3, 0.4) is 0 Å². The molecule has 0 atom stereocenters. The van der Waals surface area contributed by atoms with E-state index in [1.54, 1.807) is 11.3 Å². The largest absolute Gasteiger partial charge is 0.330 e. The molecule has 2 heterocycles. The van der Waals surface area contributed by atoms with Crippen molar-refractivity contribution in [1.82, 2.24) is 19.7 Å². The van der Waals surface area contributed by atoms with Crippen LogP contribution in [0.4, 0.5) is 10.8 Å². The molecule has 4 rings (SSSR count). The predicted molar refractivity (Wildman–Crippen MR) is 119 cm³/mol. The topological polar surface area (TPSA) is 46.0 Å². The minimum Gasteiger partial charge on any atom is -0.330 e. The molecular formula is C18H16BrN5S3. The minimum absolute atomic E-state index is 0.616. The van der Waals surface area contributed by atoms with E-state index in [-0.39, 0.29) is 0 Å². The fraction of sp³-hybridized carbons (Fsp3) is 0.167. The highest BCUT2D eigenvalue weighted by Crippen LogP contribution is 2.24. The van der Waals surface area contributed by atoms with Crippen molar-refractivity contribution in [1.29, 1.82) is 0 Å². The van der Waals surface area contributed by atoms with Gasteiger partial charge in [-0.1, -0.05) is 45.5 Å². The molecule has 1 N–H and O–H groups in total. The van der Waals surface area contributed by atoms with Crippen LogP contribution in [0.15, 0.2) is 53.0 Å². The molecule has 138 valence electrons. The highest BCUT2D eigenvalue weighted by atomic mass is 79.9. The molecule has 0 aliphatic heterocycles. The second kappa shape index (κ2) is 8.15. The molecule has 0 aliphatic rings. The van der Waals surface area contributed by atoms with Crippen molar-refractivity contribution in [2.75, 3.05) is 12.4 Å². The van der Waals surface area contributed by atoms with Gasteiger partial charge in [-0.25, -0.2) is 9.67 Å². The number of thiazole rings is 1. The van der Waals surface area contributed by atoms with Gasteiger partial charge in [-0.2, -0.15) is 0 Å². The van der Waals surface area contributed by atoms with Crippen LogP contribution in [0.1, 0.15) is 5.01 Å². The lowest BCUT2D eigenvalue weighted by Crippen LogP contribution is -2.22. The van der Waals surface area contributed by atoms with Gasteiger partial charge in [-0.15, -0.1) is 16.4 Å². The SMILES string of the molecule is CN(Cc1nc2ccccc2s1)Cn1nc(Nc2cccc(Br)c2)sc1=S. The quantitative estimate of drug-likeness (QED) is 0.351. The zero-order valence-electron chi connectivity index (χ0n) is 14.4. The van der Waals surface area contributed by atoms with Gasteiger partial charge >= 0.3 is 0 Å². The Balaban J connectivity index is 1.44. The number of para-hydroxylation sites is 1. The van der Waals surface area contributed by atoms with Gasteiger partial charge in [0.05, 0.1) is 23.4 Å². The summed E-state index contributed by atoms with van der Waals surface area (Å²) >= 11 is 12.2. The molecule has 4 aromatic rings. The van der Waals surface area contributed by atoms with E-state index in [1.807, 2.05) is 47.1 Å². The maximum atomic E-state index is 5.48. The minimum atomic E-state index is 0.616. The van der Waals surface area contributed by atoms with Crippen LogP contribution >= 0.6 is 50.8 Å². The number of hydrogen-bond acceptors (Lipinski definition) is 7. The highest BCUT2D eigenvalue weighted by Gasteiger charge is 2.10. The van der Waals surface area contributed by atoms with Gasteiger partial charge in [-0.05, 0) is 49.6 Å². The van der Waals surface area contributed by atoms with Crippen molar-refractivity contribution in [3.8, 4) is 0 Å². The standard InChI is InChI=1S/C18H16BrN5S3/c1-23(10-16-21-14-7-2-3-8-15(14)26-16)11-24-18(25)27-17(22-24)20-13-6-4-5-12(19)9-13/h2-9H,10-11H2,1H3,(H,20,22). The lowest BCUT2D eigenvalue weighted by Gasteiger charge is -2.14. The van der Waals surface area contributed by atoms with Crippen molar-refractivity contribution in [2.24, 2.45) is 0 Å². The molecule has 27 heavy (non-hydrogen) atoms. The number of aromatic nitrogens is 3. The Kier molecular flexibility index (Phi) is 5.65. The Bertz CT molecular complexity index is 1100. The number of anilines is 2. The first-order valence-electron chi connectivity index (χ1n) is 8.20. The summed E-state index contributed by atoms with van der Waals surface area (Å²) in [5, 5.41) is 9.79. The molecule has 0 spiro atoms. The summed E-state index contributed by atoms with van der Waals surface area (Å²) in [6.45, 7) is 1.37. The Morgan fingerprint density at radius 3 is 2.85 bits per heavy atom. The van der Waals surface area contributed by atoms with Crippen molar-refractivity contribution in [3.63, 3.8) is 0 Å². The van der Waals surface area contributed by atoms with E-state index in [0.717, 1.165) is 36.3 Å². The zero-order valence-corrected chi connectivity index (χ0v) is 18.5. The molecular weight excluding hydrogens is 462 g/mol. The maximum Gasteiger partial charge on any atom is 0.209 e. The molecule has 0 fully saturated rings. The van der Waals surface area contributed by atoms with Crippen molar-refractivity contribution in [2.45, 2.75) is 13.2 Å². The highest BCUT2D eigenvalue weighted by molar-refractivity contribution is 9.10. The smallest absolute Gasteiger partial charge is 0.209 e. The van der Waals surface area contributed by atoms with Crippen LogP contribution in [-0.2, 0) is 13.2 Å². The normalized spacial score (nSPS) is 11.4. The van der Waals surface area contributed by atoms with E-state index < -0.39 is 0 Å². The van der Waals surface area contributed by atoms with Crippen molar-refractivity contribution < 1.29 is 0 Å². The van der Waals surface area contributed by atoms with Crippen LogP contribution in [0, 0.1) is 3.95 Å². The van der Waals surface area contributed by atoms with Gasteiger partial charge < -0.3 is 5.32 Å². The molecule has 0 bridgehead atoms. The van der Waals surface area contributed by atoms with Gasteiger partial charge in [0.25, 0.3) is 0 Å². The van der Waals surface area contributed by atoms with Crippen LogP contribution in [0.5, 0.6) is 0 Å². The molecule has 0 saturated heterocycles. The second-order valence-electron chi connectivity index (χ2n) is 6.04. The average Bonchev–Trinajstić information content (AvgIpc) is 3.17. The summed E-state index contributed by atoms with van der Waals surface area (Å²) in [5.74, 6) is 0. The molecule has 0 amide bonds. The van der Waals surface area contributed by atoms with Gasteiger partial charge in [0.15, 0.2) is 3.95 Å². The van der Waals surface area contributed by atoms with E-state index in [9.17, 15) is 0 Å². The lowest BCUT2D eigenvalue weighted by atomic mass is 10.3. The average molecular weight is 478 g/mol. The van der Waals surface area contributed by atoms with Crippen LogP contribution in [-0.4, -0.2) is 26.7 Å². The maximum absolute atomic E-state index is 5.48. The first-order chi connectivity index (χ1) is 13.1. The van der Waals surface area contributed by atoms with E-state index in [2.05, 4.69) is 44.4 Å². The van der Waals surface area contributed by atoms with Gasteiger partial charge in [0.1, 0.15) is 5.01 Å². The molecule has 0 radical (unpaired) electrons. The van der Waals surface area contributed by atoms with Gasteiger partial charge in [0, 0.05) is 10.2 Å². The first-order valence-corrected chi connectivity index (χ1v) is 11.0. The number of hydrogen-bond donors (Lipinski definition) is 1. The fourth-order valence-electron chi connectivity index (χ4n) is 2.63. The fourth-order valence-corrected chi connectivity index (χ4v) is 5.09. The van der Waals surface area contributed by atoms with Crippen LogP contribution in [0.25, 0.3) is 10.2 Å². The van der Waals surface area contributed by atoms with Crippen LogP contribution < -0.4 is 5.32 Å². The molecule has 2 aromatic heterocycles. The van der Waals surface area contributed by atoms with Crippen LogP contribution in [0.2, 0.25) is 0 Å². The molecule has 2 aromatic carbocycles. The van der Waals surface area contributed by atoms with E-state index in [0.29, 0.717) is 6.67 Å². The molecule has 0 unspecified atom stereocenters. The number of nitrogens with one attached hydrogen (secondary N) is 1. The van der Waals surface area contributed by atoms with Crippen molar-refractivity contribution >= 4 is 71.9 Å². The summed E-state index contributed by atoms with van der Waals surface area (Å²) in [6, 6.07) is 16.2. The third-order valence-corrected chi connectivity index (χ3v) is 6.54. The Morgan fingerprint density at radius 2 is 2.04 bits per heavy atom. The number of rotatable bonds is 6. The Labute approximate surface area is 178 Å². The lowest BCUT2D eigenvalue weighted by molar-refractivity contribution is 0.245. The Morgan fingerprint density at radius 1 is 1.19 bits per heavy atom. The third kappa shape index (κ3) is 4.61. The monoisotopic (exact) mass is 477 g/mol. The molecule has 0 aliphatic carbocycles. The van der Waals surface area contributed by atoms with Gasteiger partial charge in [0.2, 0.25) is 5.13 Å². The second-order valence-corrected chi connectivity index (χ2v) is 9.69. The third-order valence-electron chi connectivity index (χ3n) is 3.80. The number of nitrogens with zero attached hydrogens (tertiary/aromatic N) is 4. The molecule has 5 nitrogen and oxygen atoms in total. The van der Waals surface area contributed by atoms with E-state index in [4.69, 9.17) is 17.2 Å². The first kappa shape index (κ1) is 18.7. The van der Waals surface area contributed by atoms with Crippen molar-refractivity contribution in [3.05, 3.63) is 62.0 Å². The summed E-state index contributed by atoms with van der Waals surface area (Å²) in [7, 11) is 2.05. The summed E-state index contributed by atoms with van der Waals surface area (Å²) in [4.78, 5) is 6.86. The number of fused-ring (bicyclic) bond motifs is 1.